The van der Waals surface area contributed by atoms with Crippen molar-refractivity contribution in [2.75, 3.05) is 5.84 Å². The van der Waals surface area contributed by atoms with Crippen molar-refractivity contribution in [1.29, 1.82) is 0 Å². The Hall–Kier alpha value is -2.14. The molecule has 124 valence electrons. The van der Waals surface area contributed by atoms with Crippen LogP contribution in [0.15, 0.2) is 35.1 Å². The van der Waals surface area contributed by atoms with Crippen LogP contribution < -0.4 is 11.4 Å². The Morgan fingerprint density at radius 1 is 1.12 bits per heavy atom. The third kappa shape index (κ3) is 2.73. The first-order valence-electron chi connectivity index (χ1n) is 8.59. The van der Waals surface area contributed by atoms with E-state index in [2.05, 4.69) is 24.3 Å². The van der Waals surface area contributed by atoms with Gasteiger partial charge >= 0.3 is 0 Å². The average molecular weight is 339 g/mol. The Morgan fingerprint density at radius 3 is 2.75 bits per heavy atom. The second-order valence-corrected chi connectivity index (χ2v) is 7.52. The molecule has 2 heterocycles. The maximum atomic E-state index is 12.7. The molecule has 0 aliphatic heterocycles. The molecule has 0 radical (unpaired) electrons. The fourth-order valence-electron chi connectivity index (χ4n) is 3.53. The van der Waals surface area contributed by atoms with Gasteiger partial charge in [0.1, 0.15) is 10.7 Å². The van der Waals surface area contributed by atoms with E-state index in [1.54, 1.807) is 11.3 Å². The molecule has 0 saturated heterocycles. The summed E-state index contributed by atoms with van der Waals surface area (Å²) in [6.07, 6.45) is 7.05. The zero-order chi connectivity index (χ0) is 16.5. The summed E-state index contributed by atoms with van der Waals surface area (Å²) in [5.74, 6) is 6.76. The van der Waals surface area contributed by atoms with Gasteiger partial charge in [-0.25, -0.2) is 9.66 Å². The van der Waals surface area contributed by atoms with E-state index in [0.29, 0.717) is 5.82 Å². The van der Waals surface area contributed by atoms with E-state index in [4.69, 9.17) is 10.8 Å². The van der Waals surface area contributed by atoms with Gasteiger partial charge in [0.2, 0.25) is 0 Å². The van der Waals surface area contributed by atoms with Gasteiger partial charge in [-0.3, -0.25) is 4.79 Å². The van der Waals surface area contributed by atoms with Gasteiger partial charge in [0, 0.05) is 11.3 Å². The number of aromatic nitrogens is 2. The van der Waals surface area contributed by atoms with Crippen LogP contribution in [0.1, 0.15) is 41.1 Å². The van der Waals surface area contributed by atoms with Crippen molar-refractivity contribution in [3.63, 3.8) is 0 Å². The maximum Gasteiger partial charge on any atom is 0.280 e. The van der Waals surface area contributed by atoms with Gasteiger partial charge < -0.3 is 5.84 Å². The van der Waals surface area contributed by atoms with Gasteiger partial charge in [-0.15, -0.1) is 11.3 Å². The summed E-state index contributed by atoms with van der Waals surface area (Å²) < 4.78 is 1.27. The molecule has 0 bridgehead atoms. The molecule has 0 atom stereocenters. The topological polar surface area (TPSA) is 60.9 Å². The number of hydrogen-bond acceptors (Lipinski definition) is 4. The van der Waals surface area contributed by atoms with E-state index in [1.807, 2.05) is 6.07 Å². The van der Waals surface area contributed by atoms with E-state index in [-0.39, 0.29) is 5.56 Å². The molecule has 1 aliphatic rings. The Bertz CT molecular complexity index is 927. The van der Waals surface area contributed by atoms with E-state index in [1.165, 1.54) is 27.1 Å². The van der Waals surface area contributed by atoms with E-state index < -0.39 is 0 Å². The third-order valence-electron chi connectivity index (χ3n) is 4.80. The van der Waals surface area contributed by atoms with Crippen LogP contribution in [-0.4, -0.2) is 9.66 Å². The number of hydrogen-bond donors (Lipinski definition) is 1. The van der Waals surface area contributed by atoms with E-state index >= 15 is 0 Å². The predicted molar refractivity (Wildman–Crippen MR) is 99.1 cm³/mol. The van der Waals surface area contributed by atoms with Crippen LogP contribution in [-0.2, 0) is 25.7 Å². The Balaban J connectivity index is 1.62. The molecule has 0 saturated carbocycles. The largest absolute Gasteiger partial charge is 0.335 e. The first-order valence-corrected chi connectivity index (χ1v) is 9.41. The van der Waals surface area contributed by atoms with Crippen LogP contribution in [0.3, 0.4) is 0 Å². The zero-order valence-electron chi connectivity index (χ0n) is 13.6. The lowest BCUT2D eigenvalue weighted by Gasteiger charge is -2.11. The number of rotatable bonds is 4. The van der Waals surface area contributed by atoms with E-state index in [0.717, 1.165) is 48.7 Å². The molecule has 0 spiro atoms. The molecule has 0 unspecified atom stereocenters. The fraction of sp³-hybridized carbons (Fsp3) is 0.368. The molecular weight excluding hydrogens is 318 g/mol. The molecule has 1 aliphatic carbocycles. The smallest absolute Gasteiger partial charge is 0.280 e. The Kier molecular flexibility index (Phi) is 4.10. The van der Waals surface area contributed by atoms with Crippen LogP contribution in [0.4, 0.5) is 0 Å². The van der Waals surface area contributed by atoms with Crippen LogP contribution >= 0.6 is 11.3 Å². The summed E-state index contributed by atoms with van der Waals surface area (Å²) in [7, 11) is 0. The lowest BCUT2D eigenvalue weighted by molar-refractivity contribution is 0.696. The van der Waals surface area contributed by atoms with Crippen LogP contribution in [0.5, 0.6) is 0 Å². The van der Waals surface area contributed by atoms with Crippen molar-refractivity contribution in [3.05, 3.63) is 62.5 Å². The monoisotopic (exact) mass is 339 g/mol. The molecule has 3 aromatic rings. The summed E-state index contributed by atoms with van der Waals surface area (Å²) in [5, 5.41) is 0.768. The average Bonchev–Trinajstić information content (AvgIpc) is 2.98. The highest BCUT2D eigenvalue weighted by Gasteiger charge is 2.21. The number of nitrogen functional groups attached to an aromatic ring is 1. The van der Waals surface area contributed by atoms with Gasteiger partial charge in [-0.2, -0.15) is 0 Å². The molecular formula is C19H21N3OS. The van der Waals surface area contributed by atoms with E-state index in [9.17, 15) is 4.79 Å². The molecule has 0 amide bonds. The van der Waals surface area contributed by atoms with Gasteiger partial charge in [0.25, 0.3) is 5.56 Å². The first kappa shape index (κ1) is 15.4. The second-order valence-electron chi connectivity index (χ2n) is 6.43. The highest BCUT2D eigenvalue weighted by atomic mass is 32.1. The Morgan fingerprint density at radius 2 is 1.92 bits per heavy atom. The minimum atomic E-state index is -0.0749. The predicted octanol–water partition coefficient (Wildman–Crippen LogP) is 3.23. The number of fused-ring (bicyclic) bond motifs is 3. The summed E-state index contributed by atoms with van der Waals surface area (Å²) in [6, 6.07) is 10.4. The molecule has 2 aromatic heterocycles. The molecule has 4 nitrogen and oxygen atoms in total. The first-order chi connectivity index (χ1) is 11.7. The minimum absolute atomic E-state index is 0.0749. The quantitative estimate of drug-likeness (QED) is 0.742. The van der Waals surface area contributed by atoms with Crippen molar-refractivity contribution in [1.82, 2.24) is 9.66 Å². The molecule has 4 rings (SSSR count). The molecule has 2 N–H and O–H groups in total. The number of aryl methyl sites for hydroxylation is 4. The number of nitrogens with two attached hydrogens (primary N) is 1. The minimum Gasteiger partial charge on any atom is -0.335 e. The van der Waals surface area contributed by atoms with Crippen LogP contribution in [0.25, 0.3) is 10.2 Å². The third-order valence-corrected chi connectivity index (χ3v) is 5.99. The molecule has 5 heteroatoms. The van der Waals surface area contributed by atoms with Gasteiger partial charge in [-0.1, -0.05) is 30.3 Å². The lowest BCUT2D eigenvalue weighted by atomic mass is 9.97. The second kappa shape index (κ2) is 6.40. The summed E-state index contributed by atoms with van der Waals surface area (Å²) >= 11 is 1.69. The summed E-state index contributed by atoms with van der Waals surface area (Å²) in [4.78, 5) is 19.7. The normalized spacial score (nSPS) is 14.0. The van der Waals surface area contributed by atoms with Gasteiger partial charge in [0.15, 0.2) is 0 Å². The number of nitrogens with zero attached hydrogens (tertiary/aromatic N) is 2. The molecule has 1 aromatic carbocycles. The Labute approximate surface area is 144 Å². The zero-order valence-corrected chi connectivity index (χ0v) is 14.4. The number of benzene rings is 1. The fourth-order valence-corrected chi connectivity index (χ4v) is 4.80. The molecule has 0 fully saturated rings. The van der Waals surface area contributed by atoms with Crippen molar-refractivity contribution < 1.29 is 0 Å². The summed E-state index contributed by atoms with van der Waals surface area (Å²) in [6.45, 7) is 0. The summed E-state index contributed by atoms with van der Waals surface area (Å²) in [5.41, 5.74) is 2.43. The highest BCUT2D eigenvalue weighted by molar-refractivity contribution is 7.18. The highest BCUT2D eigenvalue weighted by Crippen LogP contribution is 2.33. The van der Waals surface area contributed by atoms with Crippen LogP contribution in [0.2, 0.25) is 0 Å². The number of thiophene rings is 1. The maximum absolute atomic E-state index is 12.7. The van der Waals surface area contributed by atoms with Crippen LogP contribution in [0, 0.1) is 0 Å². The SMILES string of the molecule is Nn1c(CCCc2ccccc2)nc2sc3c(c2c1=O)CCCC3. The standard InChI is InChI=1S/C19H21N3OS/c20-22-16(12-6-9-13-7-2-1-3-8-13)21-18-17(19(22)23)14-10-4-5-11-15(14)24-18/h1-3,7-8H,4-6,9-12,20H2. The van der Waals surface area contributed by atoms with Gasteiger partial charge in [0.05, 0.1) is 5.39 Å². The van der Waals surface area contributed by atoms with Crippen molar-refractivity contribution >= 4 is 21.6 Å². The molecule has 24 heavy (non-hydrogen) atoms. The van der Waals surface area contributed by atoms with Crippen molar-refractivity contribution in [2.24, 2.45) is 0 Å². The van der Waals surface area contributed by atoms with Crippen molar-refractivity contribution in [3.8, 4) is 0 Å². The van der Waals surface area contributed by atoms with Gasteiger partial charge in [-0.05, 0) is 49.7 Å². The van der Waals surface area contributed by atoms with Crippen molar-refractivity contribution in [2.45, 2.75) is 44.9 Å². The lowest BCUT2D eigenvalue weighted by Crippen LogP contribution is -2.31.